The summed E-state index contributed by atoms with van der Waals surface area (Å²) in [6, 6.07) is 11.1. The normalized spacial score (nSPS) is 11.7. The molecule has 0 unspecified atom stereocenters. The summed E-state index contributed by atoms with van der Waals surface area (Å²) in [4.78, 5) is 15.8. The van der Waals surface area contributed by atoms with Crippen molar-refractivity contribution in [1.82, 2.24) is 19.3 Å². The van der Waals surface area contributed by atoms with Gasteiger partial charge in [-0.05, 0) is 35.9 Å². The summed E-state index contributed by atoms with van der Waals surface area (Å²) >= 11 is 0. The lowest BCUT2D eigenvalue weighted by Gasteiger charge is -2.29. The number of carboxylic acid groups (broad SMARTS) is 1. The Bertz CT molecular complexity index is 1750. The molecule has 0 fully saturated rings. The topological polar surface area (TPSA) is 112 Å². The van der Waals surface area contributed by atoms with Gasteiger partial charge in [0.05, 0.1) is 31.7 Å². The van der Waals surface area contributed by atoms with E-state index in [2.05, 4.69) is 10.1 Å². The predicted molar refractivity (Wildman–Crippen MR) is 143 cm³/mol. The second-order valence-electron chi connectivity index (χ2n) is 9.89. The second kappa shape index (κ2) is 9.99. The SMILES string of the molecule is COc1cc(-n2c(C(C)(C)Cn3cncn3)c(-c3ccc(C(=O)O)c(OC)c3)c3c(O)cc(F)cc32)ccc1F. The summed E-state index contributed by atoms with van der Waals surface area (Å²) in [5, 5.41) is 25.3. The molecule has 0 spiro atoms. The highest BCUT2D eigenvalue weighted by Crippen LogP contribution is 2.47. The number of aromatic hydroxyl groups is 1. The van der Waals surface area contributed by atoms with Crippen LogP contribution < -0.4 is 9.47 Å². The van der Waals surface area contributed by atoms with Gasteiger partial charge in [0.15, 0.2) is 11.6 Å². The zero-order valence-corrected chi connectivity index (χ0v) is 22.1. The monoisotopic (exact) mass is 548 g/mol. The maximum absolute atomic E-state index is 14.8. The number of aromatic carboxylic acids is 1. The van der Waals surface area contributed by atoms with E-state index in [4.69, 9.17) is 9.47 Å². The van der Waals surface area contributed by atoms with Crippen molar-refractivity contribution < 1.29 is 33.3 Å². The van der Waals surface area contributed by atoms with Crippen molar-refractivity contribution in [3.8, 4) is 34.1 Å². The van der Waals surface area contributed by atoms with Gasteiger partial charge in [-0.3, -0.25) is 4.68 Å². The number of hydrogen-bond donors (Lipinski definition) is 2. The molecular formula is C29H26F2N4O5. The number of carbonyl (C=O) groups is 1. The molecule has 9 nitrogen and oxygen atoms in total. The van der Waals surface area contributed by atoms with Gasteiger partial charge in [-0.25, -0.2) is 18.6 Å². The van der Waals surface area contributed by atoms with Gasteiger partial charge in [-0.1, -0.05) is 19.9 Å². The van der Waals surface area contributed by atoms with Crippen molar-refractivity contribution in [2.24, 2.45) is 0 Å². The molecule has 2 aromatic heterocycles. The van der Waals surface area contributed by atoms with Crippen molar-refractivity contribution >= 4 is 16.9 Å². The number of rotatable bonds is 8. The number of ether oxygens (including phenoxy) is 2. The number of aromatic nitrogens is 4. The van der Waals surface area contributed by atoms with Gasteiger partial charge in [-0.2, -0.15) is 5.10 Å². The lowest BCUT2D eigenvalue weighted by atomic mass is 9.83. The molecule has 11 heteroatoms. The van der Waals surface area contributed by atoms with Crippen molar-refractivity contribution in [3.05, 3.63) is 84.1 Å². The Morgan fingerprint density at radius 2 is 1.77 bits per heavy atom. The average Bonchev–Trinajstić information content (AvgIpc) is 3.54. The van der Waals surface area contributed by atoms with Crippen molar-refractivity contribution in [2.75, 3.05) is 14.2 Å². The van der Waals surface area contributed by atoms with Crippen LogP contribution in [0.25, 0.3) is 27.7 Å². The summed E-state index contributed by atoms with van der Waals surface area (Å²) in [7, 11) is 2.71. The van der Waals surface area contributed by atoms with Crippen LogP contribution in [0.5, 0.6) is 17.2 Å². The highest BCUT2D eigenvalue weighted by Gasteiger charge is 2.34. The second-order valence-corrected chi connectivity index (χ2v) is 9.89. The first-order valence-electron chi connectivity index (χ1n) is 12.2. The molecule has 0 aliphatic rings. The Morgan fingerprint density at radius 1 is 1.02 bits per heavy atom. The summed E-state index contributed by atoms with van der Waals surface area (Å²) in [6.45, 7) is 4.21. The number of fused-ring (bicyclic) bond motifs is 1. The first-order chi connectivity index (χ1) is 19.1. The summed E-state index contributed by atoms with van der Waals surface area (Å²) in [5.74, 6) is -2.65. The van der Waals surface area contributed by atoms with Crippen molar-refractivity contribution in [2.45, 2.75) is 25.8 Å². The van der Waals surface area contributed by atoms with Crippen LogP contribution in [-0.4, -0.2) is 49.7 Å². The highest BCUT2D eigenvalue weighted by atomic mass is 19.1. The Kier molecular flexibility index (Phi) is 6.66. The first kappa shape index (κ1) is 26.7. The van der Waals surface area contributed by atoms with Gasteiger partial charge in [0.25, 0.3) is 0 Å². The van der Waals surface area contributed by atoms with Crippen molar-refractivity contribution in [1.29, 1.82) is 0 Å². The van der Waals surface area contributed by atoms with Gasteiger partial charge in [0.2, 0.25) is 0 Å². The Hall–Kier alpha value is -4.93. The molecule has 3 aromatic carbocycles. The van der Waals surface area contributed by atoms with E-state index in [1.807, 2.05) is 13.8 Å². The van der Waals surface area contributed by atoms with Crippen LogP contribution in [-0.2, 0) is 12.0 Å². The van der Waals surface area contributed by atoms with Crippen LogP contribution >= 0.6 is 0 Å². The smallest absolute Gasteiger partial charge is 0.339 e. The number of phenolic OH excluding ortho intramolecular Hbond substituents is 1. The molecule has 0 amide bonds. The number of carboxylic acids is 1. The van der Waals surface area contributed by atoms with Crippen LogP contribution in [0.15, 0.2) is 61.2 Å². The molecule has 0 atom stereocenters. The largest absolute Gasteiger partial charge is 0.507 e. The molecule has 0 bridgehead atoms. The third kappa shape index (κ3) is 4.49. The van der Waals surface area contributed by atoms with E-state index in [0.29, 0.717) is 40.0 Å². The molecule has 0 radical (unpaired) electrons. The van der Waals surface area contributed by atoms with Crippen LogP contribution in [0.4, 0.5) is 8.78 Å². The van der Waals surface area contributed by atoms with Gasteiger partial charge >= 0.3 is 5.97 Å². The lowest BCUT2D eigenvalue weighted by molar-refractivity contribution is 0.0693. The summed E-state index contributed by atoms with van der Waals surface area (Å²) in [6.07, 6.45) is 2.98. The van der Waals surface area contributed by atoms with Crippen molar-refractivity contribution in [3.63, 3.8) is 0 Å². The number of halogens is 2. The predicted octanol–water partition coefficient (Wildman–Crippen LogP) is 5.57. The van der Waals surface area contributed by atoms with Crippen LogP contribution in [0, 0.1) is 11.6 Å². The molecule has 0 saturated carbocycles. The average molecular weight is 549 g/mol. The van der Waals surface area contributed by atoms with E-state index in [0.717, 1.165) is 6.07 Å². The first-order valence-corrected chi connectivity index (χ1v) is 12.2. The quantitative estimate of drug-likeness (QED) is 0.261. The summed E-state index contributed by atoms with van der Waals surface area (Å²) in [5.41, 5.74) is 1.58. The summed E-state index contributed by atoms with van der Waals surface area (Å²) < 4.78 is 43.3. The molecule has 0 aliphatic heterocycles. The fraction of sp³-hybridized carbons (Fsp3) is 0.207. The number of hydrogen-bond acceptors (Lipinski definition) is 6. The Labute approximate surface area is 227 Å². The van der Waals surface area contributed by atoms with E-state index in [-0.39, 0.29) is 22.8 Å². The fourth-order valence-electron chi connectivity index (χ4n) is 5.16. The lowest BCUT2D eigenvalue weighted by Crippen LogP contribution is -2.28. The molecule has 5 aromatic rings. The molecule has 206 valence electrons. The van der Waals surface area contributed by atoms with Gasteiger partial charge < -0.3 is 24.3 Å². The zero-order valence-electron chi connectivity index (χ0n) is 22.1. The molecular weight excluding hydrogens is 522 g/mol. The molecule has 5 rings (SSSR count). The fourth-order valence-corrected chi connectivity index (χ4v) is 5.16. The van der Waals surface area contributed by atoms with Gasteiger partial charge in [0.1, 0.15) is 35.5 Å². The number of methoxy groups -OCH3 is 2. The van der Waals surface area contributed by atoms with E-state index in [9.17, 15) is 23.8 Å². The minimum absolute atomic E-state index is 0.0194. The standard InChI is InChI=1S/C29H26F2N4O5/c1-29(2,13-34-15-32-14-33-34)27-25(16-5-7-19(28(37)38)23(9-16)39-3)26-21(10-17(30)11-22(26)36)35(27)18-6-8-20(31)24(12-18)40-4/h5-12,14-15,36H,13H2,1-4H3,(H,37,38). The van der Waals surface area contributed by atoms with Crippen LogP contribution in [0.3, 0.4) is 0 Å². The Balaban J connectivity index is 1.94. The molecule has 40 heavy (non-hydrogen) atoms. The van der Waals surface area contributed by atoms with E-state index >= 15 is 0 Å². The van der Waals surface area contributed by atoms with Gasteiger partial charge in [0, 0.05) is 34.5 Å². The molecule has 0 aliphatic carbocycles. The number of phenols is 1. The third-order valence-electron chi connectivity index (χ3n) is 6.79. The minimum atomic E-state index is -1.17. The maximum atomic E-state index is 14.8. The molecule has 2 N–H and O–H groups in total. The van der Waals surface area contributed by atoms with Crippen LogP contribution in [0.2, 0.25) is 0 Å². The molecule has 0 saturated heterocycles. The van der Waals surface area contributed by atoms with E-state index < -0.39 is 23.0 Å². The zero-order chi connectivity index (χ0) is 28.8. The number of nitrogens with zero attached hydrogens (tertiary/aromatic N) is 4. The maximum Gasteiger partial charge on any atom is 0.339 e. The van der Waals surface area contributed by atoms with Gasteiger partial charge in [-0.15, -0.1) is 0 Å². The highest BCUT2D eigenvalue weighted by molar-refractivity contribution is 6.04. The van der Waals surface area contributed by atoms with E-state index in [1.54, 1.807) is 27.7 Å². The Morgan fingerprint density at radius 3 is 2.42 bits per heavy atom. The minimum Gasteiger partial charge on any atom is -0.507 e. The third-order valence-corrected chi connectivity index (χ3v) is 6.79. The molecule has 2 heterocycles. The number of benzene rings is 3. The van der Waals surface area contributed by atoms with Crippen LogP contribution in [0.1, 0.15) is 29.9 Å². The van der Waals surface area contributed by atoms with E-state index in [1.165, 1.54) is 50.9 Å².